The van der Waals surface area contributed by atoms with Crippen LogP contribution in [0.3, 0.4) is 0 Å². The number of anilines is 3. The molecule has 0 atom stereocenters. The summed E-state index contributed by atoms with van der Waals surface area (Å²) in [6.07, 6.45) is 1.68. The van der Waals surface area contributed by atoms with E-state index in [9.17, 15) is 14.9 Å². The number of carbonyl (C=O) groups is 1. The van der Waals surface area contributed by atoms with Crippen molar-refractivity contribution in [3.05, 3.63) is 75.2 Å². The number of hydrogen-bond acceptors (Lipinski definition) is 8. The number of hydrogen-bond donors (Lipinski definition) is 3. The van der Waals surface area contributed by atoms with Crippen molar-refractivity contribution in [3.63, 3.8) is 0 Å². The van der Waals surface area contributed by atoms with Crippen molar-refractivity contribution in [1.29, 1.82) is 0 Å². The number of halogens is 1. The van der Waals surface area contributed by atoms with Gasteiger partial charge in [-0.1, -0.05) is 17.7 Å². The quantitative estimate of drug-likeness (QED) is 0.283. The van der Waals surface area contributed by atoms with Gasteiger partial charge in [-0.15, -0.1) is 0 Å². The molecule has 0 spiro atoms. The smallest absolute Gasteiger partial charge is 0.270 e. The van der Waals surface area contributed by atoms with Crippen LogP contribution in [0.15, 0.2) is 48.7 Å². The maximum Gasteiger partial charge on any atom is 0.270 e. The first-order valence-electron chi connectivity index (χ1n) is 8.92. The fraction of sp³-hybridized carbons (Fsp3) is 0.158. The molecular weight excluding hydrogens is 410 g/mol. The van der Waals surface area contributed by atoms with E-state index in [0.717, 1.165) is 6.07 Å². The predicted molar refractivity (Wildman–Crippen MR) is 113 cm³/mol. The van der Waals surface area contributed by atoms with Crippen molar-refractivity contribution < 1.29 is 9.72 Å². The van der Waals surface area contributed by atoms with Crippen LogP contribution in [-0.4, -0.2) is 38.9 Å². The van der Waals surface area contributed by atoms with Gasteiger partial charge in [-0.2, -0.15) is 0 Å². The van der Waals surface area contributed by atoms with Gasteiger partial charge < -0.3 is 16.0 Å². The summed E-state index contributed by atoms with van der Waals surface area (Å²) in [5.74, 6) is 1.98. The number of benzene rings is 1. The predicted octanol–water partition coefficient (Wildman–Crippen LogP) is 3.33. The van der Waals surface area contributed by atoms with E-state index in [1.54, 1.807) is 19.2 Å². The van der Waals surface area contributed by atoms with Crippen LogP contribution < -0.4 is 16.0 Å². The molecule has 30 heavy (non-hydrogen) atoms. The molecule has 0 bridgehead atoms. The number of rotatable bonds is 8. The zero-order chi connectivity index (χ0) is 21.5. The van der Waals surface area contributed by atoms with Gasteiger partial charge in [-0.25, -0.2) is 15.0 Å². The third-order valence-electron chi connectivity index (χ3n) is 3.88. The minimum absolute atomic E-state index is 0.0197. The van der Waals surface area contributed by atoms with Gasteiger partial charge in [0.15, 0.2) is 0 Å². The molecule has 0 aliphatic carbocycles. The van der Waals surface area contributed by atoms with E-state index in [-0.39, 0.29) is 22.8 Å². The highest BCUT2D eigenvalue weighted by Gasteiger charge is 2.14. The van der Waals surface area contributed by atoms with E-state index in [2.05, 4.69) is 30.9 Å². The van der Waals surface area contributed by atoms with E-state index in [4.69, 9.17) is 11.6 Å². The first kappa shape index (κ1) is 20.9. The van der Waals surface area contributed by atoms with Crippen molar-refractivity contribution in [2.75, 3.05) is 23.7 Å². The van der Waals surface area contributed by atoms with Gasteiger partial charge in [-0.05, 0) is 25.1 Å². The molecule has 0 saturated heterocycles. The number of aromatic nitrogens is 3. The highest BCUT2D eigenvalue weighted by atomic mass is 35.5. The molecule has 0 aliphatic rings. The number of non-ortho nitro benzene ring substituents is 1. The minimum atomic E-state index is -0.571. The fourth-order valence-corrected chi connectivity index (χ4v) is 2.81. The molecule has 0 fully saturated rings. The zero-order valence-electron chi connectivity index (χ0n) is 15.9. The van der Waals surface area contributed by atoms with Gasteiger partial charge in [0.1, 0.15) is 23.3 Å². The topological polar surface area (TPSA) is 135 Å². The van der Waals surface area contributed by atoms with Crippen molar-refractivity contribution >= 4 is 40.6 Å². The number of carbonyl (C=O) groups excluding carboxylic acids is 1. The molecule has 3 rings (SSSR count). The van der Waals surface area contributed by atoms with Crippen LogP contribution in [-0.2, 0) is 0 Å². The van der Waals surface area contributed by atoms with Crippen LogP contribution in [0, 0.1) is 17.0 Å². The van der Waals surface area contributed by atoms with E-state index in [1.165, 1.54) is 12.1 Å². The molecule has 1 aromatic carbocycles. The molecule has 0 aliphatic heterocycles. The molecule has 2 heterocycles. The molecule has 0 radical (unpaired) electrons. The molecule has 10 nitrogen and oxygen atoms in total. The van der Waals surface area contributed by atoms with Crippen LogP contribution in [0.2, 0.25) is 5.02 Å². The largest absolute Gasteiger partial charge is 0.368 e. The Labute approximate surface area is 176 Å². The Morgan fingerprint density at radius 1 is 1.10 bits per heavy atom. The SMILES string of the molecule is Cc1nc(NCCNC(=O)c2ccc([N+](=O)[O-])cc2Cl)cc(Nc2ccccn2)n1. The van der Waals surface area contributed by atoms with E-state index >= 15 is 0 Å². The Balaban J connectivity index is 1.54. The molecular formula is C19H18ClN7O3. The van der Waals surface area contributed by atoms with Crippen molar-refractivity contribution in [1.82, 2.24) is 20.3 Å². The number of aryl methyl sites for hydroxylation is 1. The average Bonchev–Trinajstić information content (AvgIpc) is 2.71. The minimum Gasteiger partial charge on any atom is -0.368 e. The molecule has 3 aromatic rings. The van der Waals surface area contributed by atoms with Crippen LogP contribution >= 0.6 is 11.6 Å². The molecule has 0 saturated carbocycles. The summed E-state index contributed by atoms with van der Waals surface area (Å²) in [5.41, 5.74) is -0.00513. The molecule has 3 N–H and O–H groups in total. The van der Waals surface area contributed by atoms with Crippen molar-refractivity contribution in [3.8, 4) is 0 Å². The normalized spacial score (nSPS) is 10.3. The van der Waals surface area contributed by atoms with Gasteiger partial charge in [0.05, 0.1) is 15.5 Å². The lowest BCUT2D eigenvalue weighted by atomic mass is 10.2. The zero-order valence-corrected chi connectivity index (χ0v) is 16.7. The van der Waals surface area contributed by atoms with E-state index < -0.39 is 10.8 Å². The standard InChI is InChI=1S/C19H18ClN7O3/c1-12-24-17(11-18(25-12)26-16-4-2-3-7-21-16)22-8-9-23-19(28)14-6-5-13(27(29)30)10-15(14)20/h2-7,10-11H,8-9H2,1H3,(H,23,28)(H2,21,22,24,25,26). The average molecular weight is 428 g/mol. The molecule has 154 valence electrons. The van der Waals surface area contributed by atoms with Crippen molar-refractivity contribution in [2.45, 2.75) is 6.92 Å². The summed E-state index contributed by atoms with van der Waals surface area (Å²) >= 11 is 5.97. The van der Waals surface area contributed by atoms with Crippen LogP contribution in [0.25, 0.3) is 0 Å². The Hall–Kier alpha value is -3.79. The van der Waals surface area contributed by atoms with Gasteiger partial charge in [0.2, 0.25) is 0 Å². The van der Waals surface area contributed by atoms with E-state index in [0.29, 0.717) is 29.8 Å². The number of nitrogens with one attached hydrogen (secondary N) is 3. The molecule has 2 aromatic heterocycles. The summed E-state index contributed by atoms with van der Waals surface area (Å²) in [6.45, 7) is 2.46. The second-order valence-electron chi connectivity index (χ2n) is 6.13. The van der Waals surface area contributed by atoms with Gasteiger partial charge in [-0.3, -0.25) is 14.9 Å². The fourth-order valence-electron chi connectivity index (χ4n) is 2.55. The van der Waals surface area contributed by atoms with Gasteiger partial charge in [0.25, 0.3) is 11.6 Å². The van der Waals surface area contributed by atoms with Crippen LogP contribution in [0.1, 0.15) is 16.2 Å². The Bertz CT molecular complexity index is 1060. The second-order valence-corrected chi connectivity index (χ2v) is 6.54. The van der Waals surface area contributed by atoms with Gasteiger partial charge in [0, 0.05) is 37.5 Å². The highest BCUT2D eigenvalue weighted by molar-refractivity contribution is 6.34. The number of nitrogens with zero attached hydrogens (tertiary/aromatic N) is 4. The van der Waals surface area contributed by atoms with Crippen LogP contribution in [0.5, 0.6) is 0 Å². The van der Waals surface area contributed by atoms with Crippen molar-refractivity contribution in [2.24, 2.45) is 0 Å². The van der Waals surface area contributed by atoms with Crippen LogP contribution in [0.4, 0.5) is 23.1 Å². The number of pyridine rings is 1. The Morgan fingerprint density at radius 3 is 2.60 bits per heavy atom. The first-order valence-corrected chi connectivity index (χ1v) is 9.30. The summed E-state index contributed by atoms with van der Waals surface area (Å²) < 4.78 is 0. The molecule has 11 heteroatoms. The number of nitro groups is 1. The lowest BCUT2D eigenvalue weighted by molar-refractivity contribution is -0.384. The summed E-state index contributed by atoms with van der Waals surface area (Å²) in [7, 11) is 0. The Morgan fingerprint density at radius 2 is 1.90 bits per heavy atom. The summed E-state index contributed by atoms with van der Waals surface area (Å²) in [6, 6.07) is 10.9. The monoisotopic (exact) mass is 427 g/mol. The summed E-state index contributed by atoms with van der Waals surface area (Å²) in [5, 5.41) is 19.7. The second kappa shape index (κ2) is 9.61. The molecule has 0 unspecified atom stereocenters. The number of nitro benzene ring substituents is 1. The lowest BCUT2D eigenvalue weighted by Crippen LogP contribution is -2.29. The highest BCUT2D eigenvalue weighted by Crippen LogP contribution is 2.22. The lowest BCUT2D eigenvalue weighted by Gasteiger charge is -2.11. The maximum atomic E-state index is 12.2. The van der Waals surface area contributed by atoms with E-state index in [1.807, 2.05) is 18.2 Å². The van der Waals surface area contributed by atoms with Gasteiger partial charge >= 0.3 is 0 Å². The Kier molecular flexibility index (Phi) is 6.71. The maximum absolute atomic E-state index is 12.2. The summed E-state index contributed by atoms with van der Waals surface area (Å²) in [4.78, 5) is 35.2. The third kappa shape index (κ3) is 5.61. The first-order chi connectivity index (χ1) is 14.4. The number of amides is 1. The molecule has 1 amide bonds. The third-order valence-corrected chi connectivity index (χ3v) is 4.20.